The number of hydrogen-bond donors (Lipinski definition) is 6. The second-order valence-electron chi connectivity index (χ2n) is 16.5. The number of carbonyl (C=O) groups is 6. The maximum absolute atomic E-state index is 13.2. The van der Waals surface area contributed by atoms with Gasteiger partial charge in [0.15, 0.2) is 0 Å². The molecule has 4 aromatic carbocycles. The van der Waals surface area contributed by atoms with Crippen molar-refractivity contribution in [2.45, 2.75) is 122 Å². The van der Waals surface area contributed by atoms with E-state index in [4.69, 9.17) is 18.9 Å². The number of nitrogens with one attached hydrogen (secondary N) is 6. The van der Waals surface area contributed by atoms with Gasteiger partial charge in [-0.15, -0.1) is 0 Å². The highest BCUT2D eigenvalue weighted by Crippen LogP contribution is 2.10. The molecule has 0 radical (unpaired) electrons. The quantitative estimate of drug-likeness (QED) is 0.0202. The Bertz CT molecular complexity index is 1920. The lowest BCUT2D eigenvalue weighted by Gasteiger charge is -2.19. The van der Waals surface area contributed by atoms with Crippen LogP contribution < -0.4 is 31.9 Å². The number of alkyl carbamates (subject to hydrolysis) is 4. The standard InChI is InChI=1S/C53H70N6O10/c60-48(46(58-52(64)68-40-44-28-14-8-15-29-44)32-18-22-36-56-50(62)66-38-42-24-10-6-11-25-42)54-34-20-4-2-1-3-5-21-35-55-49(61)47(59-53(65)69-41-45-30-16-9-17-31-45)33-19-23-37-57-51(63)67-39-43-26-12-7-13-27-43/h6-17,24-31,46-47H,1-5,18-23,32-41H2,(H,54,60)(H,55,61)(H,56,62)(H,57,63)(H,58,64)(H,59,65)/t46-,47-/m0/s1. The molecule has 0 aliphatic carbocycles. The number of amides is 6. The van der Waals surface area contributed by atoms with Crippen LogP contribution in [0.4, 0.5) is 19.2 Å². The summed E-state index contributed by atoms with van der Waals surface area (Å²) in [5.41, 5.74) is 3.44. The SMILES string of the molecule is O=C(NCCCC[C@H](NC(=O)OCc1ccccc1)C(=O)NCCCCCCCCCNC(=O)[C@H](CCCCNC(=O)OCc1ccccc1)NC(=O)OCc1ccccc1)OCc1ccccc1. The van der Waals surface area contributed by atoms with Crippen LogP contribution in [0.2, 0.25) is 0 Å². The van der Waals surface area contributed by atoms with Gasteiger partial charge in [0.1, 0.15) is 38.5 Å². The van der Waals surface area contributed by atoms with E-state index in [9.17, 15) is 28.8 Å². The second-order valence-corrected chi connectivity index (χ2v) is 16.5. The maximum Gasteiger partial charge on any atom is 0.408 e. The van der Waals surface area contributed by atoms with Crippen LogP contribution in [0, 0.1) is 0 Å². The molecule has 0 heterocycles. The molecule has 0 fully saturated rings. The van der Waals surface area contributed by atoms with E-state index in [2.05, 4.69) is 31.9 Å². The van der Waals surface area contributed by atoms with Crippen LogP contribution in [0.25, 0.3) is 0 Å². The van der Waals surface area contributed by atoms with Crippen molar-refractivity contribution in [3.63, 3.8) is 0 Å². The minimum Gasteiger partial charge on any atom is -0.445 e. The van der Waals surface area contributed by atoms with Gasteiger partial charge in [0.2, 0.25) is 11.8 Å². The molecule has 69 heavy (non-hydrogen) atoms. The first-order valence-corrected chi connectivity index (χ1v) is 24.1. The van der Waals surface area contributed by atoms with E-state index in [1.807, 2.05) is 121 Å². The summed E-state index contributed by atoms with van der Waals surface area (Å²) in [7, 11) is 0. The number of carbonyl (C=O) groups excluding carboxylic acids is 6. The summed E-state index contributed by atoms with van der Waals surface area (Å²) in [5.74, 6) is -0.585. The molecular weight excluding hydrogens is 881 g/mol. The van der Waals surface area contributed by atoms with Crippen molar-refractivity contribution < 1.29 is 47.7 Å². The van der Waals surface area contributed by atoms with Gasteiger partial charge >= 0.3 is 24.4 Å². The number of unbranched alkanes of at least 4 members (excludes halogenated alkanes) is 8. The van der Waals surface area contributed by atoms with Crippen molar-refractivity contribution in [2.24, 2.45) is 0 Å². The molecule has 372 valence electrons. The van der Waals surface area contributed by atoms with E-state index in [1.54, 1.807) is 0 Å². The molecule has 0 spiro atoms. The van der Waals surface area contributed by atoms with Crippen molar-refractivity contribution in [2.75, 3.05) is 26.2 Å². The van der Waals surface area contributed by atoms with Gasteiger partial charge in [-0.1, -0.05) is 153 Å². The average molecular weight is 951 g/mol. The van der Waals surface area contributed by atoms with Gasteiger partial charge in [0, 0.05) is 26.2 Å². The van der Waals surface area contributed by atoms with E-state index in [0.717, 1.165) is 67.2 Å². The Morgan fingerprint density at radius 2 is 0.580 bits per heavy atom. The van der Waals surface area contributed by atoms with Gasteiger partial charge in [-0.05, 0) is 73.6 Å². The Morgan fingerprint density at radius 1 is 0.319 bits per heavy atom. The van der Waals surface area contributed by atoms with E-state index in [-0.39, 0.29) is 38.2 Å². The van der Waals surface area contributed by atoms with Gasteiger partial charge < -0.3 is 50.8 Å². The molecule has 16 heteroatoms. The molecule has 0 bridgehead atoms. The summed E-state index contributed by atoms with van der Waals surface area (Å²) in [4.78, 5) is 76.1. The van der Waals surface area contributed by atoms with Crippen molar-refractivity contribution in [1.29, 1.82) is 0 Å². The fourth-order valence-corrected chi connectivity index (χ4v) is 7.03. The number of ether oxygens (including phenoxy) is 4. The molecule has 16 nitrogen and oxygen atoms in total. The highest BCUT2D eigenvalue weighted by molar-refractivity contribution is 5.86. The fraction of sp³-hybridized carbons (Fsp3) is 0.434. The van der Waals surface area contributed by atoms with Gasteiger partial charge in [-0.25, -0.2) is 19.2 Å². The fourth-order valence-electron chi connectivity index (χ4n) is 7.03. The van der Waals surface area contributed by atoms with Crippen LogP contribution in [-0.2, 0) is 55.0 Å². The van der Waals surface area contributed by atoms with Crippen molar-refractivity contribution in [3.8, 4) is 0 Å². The van der Waals surface area contributed by atoms with Crippen LogP contribution in [0.3, 0.4) is 0 Å². The van der Waals surface area contributed by atoms with Crippen molar-refractivity contribution in [1.82, 2.24) is 31.9 Å². The van der Waals surface area contributed by atoms with Gasteiger partial charge in [0.25, 0.3) is 0 Å². The monoisotopic (exact) mass is 951 g/mol. The highest BCUT2D eigenvalue weighted by Gasteiger charge is 2.22. The van der Waals surface area contributed by atoms with Crippen LogP contribution >= 0.6 is 0 Å². The van der Waals surface area contributed by atoms with E-state index < -0.39 is 36.5 Å². The summed E-state index contributed by atoms with van der Waals surface area (Å²) in [6.07, 6.45) is 6.95. The largest absolute Gasteiger partial charge is 0.445 e. The Kier molecular flexibility index (Phi) is 27.0. The minimum atomic E-state index is -0.802. The van der Waals surface area contributed by atoms with E-state index >= 15 is 0 Å². The average Bonchev–Trinajstić information content (AvgIpc) is 3.37. The molecule has 2 atom stereocenters. The van der Waals surface area contributed by atoms with Crippen LogP contribution in [0.1, 0.15) is 106 Å². The summed E-state index contributed by atoms with van der Waals surface area (Å²) in [6, 6.07) is 35.8. The number of rotatable bonds is 32. The van der Waals surface area contributed by atoms with Crippen LogP contribution in [0.15, 0.2) is 121 Å². The predicted octanol–water partition coefficient (Wildman–Crippen LogP) is 8.73. The smallest absolute Gasteiger partial charge is 0.408 e. The number of hydrogen-bond acceptors (Lipinski definition) is 10. The predicted molar refractivity (Wildman–Crippen MR) is 262 cm³/mol. The van der Waals surface area contributed by atoms with Crippen LogP contribution in [-0.4, -0.2) is 74.5 Å². The molecule has 0 aromatic heterocycles. The first-order chi connectivity index (χ1) is 33.7. The zero-order valence-electron chi connectivity index (χ0n) is 39.6. The zero-order valence-corrected chi connectivity index (χ0v) is 39.6. The summed E-state index contributed by atoms with van der Waals surface area (Å²) >= 11 is 0. The molecule has 0 aliphatic rings. The highest BCUT2D eigenvalue weighted by atomic mass is 16.6. The summed E-state index contributed by atoms with van der Waals surface area (Å²) in [5, 5.41) is 16.8. The molecule has 4 aromatic rings. The van der Waals surface area contributed by atoms with Crippen LogP contribution in [0.5, 0.6) is 0 Å². The molecule has 6 amide bonds. The van der Waals surface area contributed by atoms with Gasteiger partial charge in [0.05, 0.1) is 0 Å². The molecule has 0 aliphatic heterocycles. The normalized spacial score (nSPS) is 11.5. The Balaban J connectivity index is 1.08. The first kappa shape index (κ1) is 54.5. The van der Waals surface area contributed by atoms with Gasteiger partial charge in [-0.2, -0.15) is 0 Å². The Morgan fingerprint density at radius 3 is 0.899 bits per heavy atom. The van der Waals surface area contributed by atoms with E-state index in [1.165, 1.54) is 0 Å². The van der Waals surface area contributed by atoms with Crippen molar-refractivity contribution >= 4 is 36.2 Å². The molecule has 0 saturated carbocycles. The lowest BCUT2D eigenvalue weighted by atomic mass is 10.1. The third kappa shape index (κ3) is 25.6. The lowest BCUT2D eigenvalue weighted by Crippen LogP contribution is -2.47. The minimum absolute atomic E-state index is 0.0776. The maximum atomic E-state index is 13.2. The van der Waals surface area contributed by atoms with Crippen molar-refractivity contribution in [3.05, 3.63) is 144 Å². The molecule has 4 rings (SSSR count). The third-order valence-electron chi connectivity index (χ3n) is 10.9. The second kappa shape index (κ2) is 34.2. The molecular formula is C53H70N6O10. The first-order valence-electron chi connectivity index (χ1n) is 24.1. The Labute approximate surface area is 406 Å². The topological polar surface area (TPSA) is 212 Å². The van der Waals surface area contributed by atoms with Gasteiger partial charge in [-0.3, -0.25) is 9.59 Å². The molecule has 0 saturated heterocycles. The van der Waals surface area contributed by atoms with E-state index in [0.29, 0.717) is 64.7 Å². The molecule has 6 N–H and O–H groups in total. The third-order valence-corrected chi connectivity index (χ3v) is 10.9. The zero-order chi connectivity index (χ0) is 49.0. The summed E-state index contributed by atoms with van der Waals surface area (Å²) in [6.45, 7) is 2.14. The molecule has 0 unspecified atom stereocenters. The Hall–Kier alpha value is -7.10. The summed E-state index contributed by atoms with van der Waals surface area (Å²) < 4.78 is 21.3. The number of benzene rings is 4. The lowest BCUT2D eigenvalue weighted by molar-refractivity contribution is -0.124.